The highest BCUT2D eigenvalue weighted by atomic mass is 32.1. The smallest absolute Gasteiger partial charge is 0.257 e. The van der Waals surface area contributed by atoms with Gasteiger partial charge in [0, 0.05) is 17.3 Å². The van der Waals surface area contributed by atoms with Crippen LogP contribution in [0.1, 0.15) is 27.0 Å². The lowest BCUT2D eigenvalue weighted by Crippen LogP contribution is -2.34. The Balaban J connectivity index is 1.48. The monoisotopic (exact) mass is 431 g/mol. The van der Waals surface area contributed by atoms with Crippen molar-refractivity contribution in [3.8, 4) is 17.2 Å². The summed E-state index contributed by atoms with van der Waals surface area (Å²) in [6, 6.07) is 16.2. The van der Waals surface area contributed by atoms with E-state index in [1.165, 1.54) is 6.07 Å². The maximum atomic E-state index is 12.5. The minimum Gasteiger partial charge on any atom is -0.507 e. The maximum absolute atomic E-state index is 12.5. The van der Waals surface area contributed by atoms with Crippen molar-refractivity contribution in [2.45, 2.75) is 20.8 Å². The molecule has 0 radical (unpaired) electrons. The molecule has 1 amide bonds. The van der Waals surface area contributed by atoms with E-state index in [0.717, 1.165) is 22.2 Å². The molecule has 0 aliphatic carbocycles. The van der Waals surface area contributed by atoms with Crippen LogP contribution in [0.3, 0.4) is 0 Å². The SMILES string of the molecule is Cc1cc(C)cc(C(=O)NC(=S)Nc2ccc(-c3nc4ccc(C)cc4o3)c(O)c2)c1. The molecule has 31 heavy (non-hydrogen) atoms. The molecule has 0 unspecified atom stereocenters. The van der Waals surface area contributed by atoms with Crippen molar-refractivity contribution in [2.24, 2.45) is 0 Å². The molecule has 0 saturated carbocycles. The molecule has 6 nitrogen and oxygen atoms in total. The summed E-state index contributed by atoms with van der Waals surface area (Å²) in [5, 5.41) is 16.2. The van der Waals surface area contributed by atoms with Crippen molar-refractivity contribution < 1.29 is 14.3 Å². The lowest BCUT2D eigenvalue weighted by Gasteiger charge is -2.11. The number of aryl methyl sites for hydroxylation is 3. The number of nitrogens with zero attached hydrogens (tertiary/aromatic N) is 1. The van der Waals surface area contributed by atoms with E-state index in [-0.39, 0.29) is 16.8 Å². The molecule has 156 valence electrons. The largest absolute Gasteiger partial charge is 0.507 e. The van der Waals surface area contributed by atoms with Gasteiger partial charge in [0.1, 0.15) is 11.3 Å². The zero-order chi connectivity index (χ0) is 22.1. The summed E-state index contributed by atoms with van der Waals surface area (Å²) in [4.78, 5) is 16.9. The molecule has 1 heterocycles. The third-order valence-electron chi connectivity index (χ3n) is 4.74. The van der Waals surface area contributed by atoms with E-state index >= 15 is 0 Å². The summed E-state index contributed by atoms with van der Waals surface area (Å²) >= 11 is 5.25. The van der Waals surface area contributed by atoms with Gasteiger partial charge in [-0.15, -0.1) is 0 Å². The molecule has 4 rings (SSSR count). The van der Waals surface area contributed by atoms with Crippen LogP contribution < -0.4 is 10.6 Å². The van der Waals surface area contributed by atoms with Crippen molar-refractivity contribution in [3.05, 3.63) is 76.9 Å². The van der Waals surface area contributed by atoms with E-state index in [0.29, 0.717) is 28.3 Å². The first-order chi connectivity index (χ1) is 14.8. The van der Waals surface area contributed by atoms with E-state index < -0.39 is 0 Å². The number of oxazole rings is 1. The number of hydrogen-bond donors (Lipinski definition) is 3. The summed E-state index contributed by atoms with van der Waals surface area (Å²) in [5.74, 6) is 0.0129. The Morgan fingerprint density at radius 1 is 0.968 bits per heavy atom. The number of anilines is 1. The first-order valence-corrected chi connectivity index (χ1v) is 10.1. The molecule has 3 N–H and O–H groups in total. The van der Waals surface area contributed by atoms with Gasteiger partial charge in [0.25, 0.3) is 5.91 Å². The van der Waals surface area contributed by atoms with Gasteiger partial charge in [0.2, 0.25) is 5.89 Å². The second kappa shape index (κ2) is 8.20. The predicted octanol–water partition coefficient (Wildman–Crippen LogP) is 5.25. The highest BCUT2D eigenvalue weighted by Gasteiger charge is 2.14. The Morgan fingerprint density at radius 3 is 2.42 bits per heavy atom. The van der Waals surface area contributed by atoms with Crippen molar-refractivity contribution in [3.63, 3.8) is 0 Å². The zero-order valence-electron chi connectivity index (χ0n) is 17.3. The van der Waals surface area contributed by atoms with Crippen LogP contribution in [0.2, 0.25) is 0 Å². The highest BCUT2D eigenvalue weighted by Crippen LogP contribution is 2.33. The molecular weight excluding hydrogens is 410 g/mol. The van der Waals surface area contributed by atoms with Gasteiger partial charge in [-0.3, -0.25) is 10.1 Å². The van der Waals surface area contributed by atoms with Gasteiger partial charge in [-0.25, -0.2) is 4.98 Å². The standard InChI is InChI=1S/C24H21N3O3S/c1-13-4-7-19-21(11-13)30-23(26-19)18-6-5-17(12-20(18)28)25-24(31)27-22(29)16-9-14(2)8-15(3)10-16/h4-12,28H,1-3H3,(H2,25,27,29,31). The number of nitrogens with one attached hydrogen (secondary N) is 2. The minimum absolute atomic E-state index is 0.0169. The lowest BCUT2D eigenvalue weighted by molar-refractivity contribution is 0.0977. The highest BCUT2D eigenvalue weighted by molar-refractivity contribution is 7.80. The Labute approximate surface area is 184 Å². The Hall–Kier alpha value is -3.71. The Kier molecular flexibility index (Phi) is 5.44. The Morgan fingerprint density at radius 2 is 1.71 bits per heavy atom. The number of aromatic hydroxyl groups is 1. The molecule has 0 aliphatic rings. The summed E-state index contributed by atoms with van der Waals surface area (Å²) in [7, 11) is 0. The quantitative estimate of drug-likeness (QED) is 0.384. The lowest BCUT2D eigenvalue weighted by atomic mass is 10.1. The summed E-state index contributed by atoms with van der Waals surface area (Å²) in [6.07, 6.45) is 0. The van der Waals surface area contributed by atoms with E-state index in [1.54, 1.807) is 24.3 Å². The van der Waals surface area contributed by atoms with Crippen LogP contribution in [0.25, 0.3) is 22.6 Å². The number of aromatic nitrogens is 1. The molecule has 0 atom stereocenters. The number of benzene rings is 3. The number of phenolic OH excluding ortho intramolecular Hbond substituents is 1. The predicted molar refractivity (Wildman–Crippen MR) is 125 cm³/mol. The molecule has 0 fully saturated rings. The molecule has 0 spiro atoms. The second-order valence-electron chi connectivity index (χ2n) is 7.51. The number of rotatable bonds is 3. The van der Waals surface area contributed by atoms with E-state index in [2.05, 4.69) is 15.6 Å². The Bertz CT molecular complexity index is 1310. The van der Waals surface area contributed by atoms with Gasteiger partial charge in [0.15, 0.2) is 10.7 Å². The maximum Gasteiger partial charge on any atom is 0.257 e. The van der Waals surface area contributed by atoms with E-state index in [1.807, 2.05) is 45.0 Å². The van der Waals surface area contributed by atoms with Crippen LogP contribution in [0, 0.1) is 20.8 Å². The van der Waals surface area contributed by atoms with Gasteiger partial charge in [-0.1, -0.05) is 23.3 Å². The number of carbonyl (C=O) groups excluding carboxylic acids is 1. The van der Waals surface area contributed by atoms with Gasteiger partial charge >= 0.3 is 0 Å². The number of hydrogen-bond acceptors (Lipinski definition) is 5. The third kappa shape index (κ3) is 4.57. The third-order valence-corrected chi connectivity index (χ3v) is 4.95. The van der Waals surface area contributed by atoms with Crippen molar-refractivity contribution in [1.29, 1.82) is 0 Å². The number of thiocarbonyl (C=S) groups is 1. The fourth-order valence-corrected chi connectivity index (χ4v) is 3.59. The fraction of sp³-hybridized carbons (Fsp3) is 0.125. The van der Waals surface area contributed by atoms with Crippen LogP contribution in [0.4, 0.5) is 5.69 Å². The second-order valence-corrected chi connectivity index (χ2v) is 7.92. The molecule has 0 aliphatic heterocycles. The average molecular weight is 432 g/mol. The van der Waals surface area contributed by atoms with Crippen molar-refractivity contribution >= 4 is 40.0 Å². The zero-order valence-corrected chi connectivity index (χ0v) is 18.1. The van der Waals surface area contributed by atoms with Crippen LogP contribution in [0.5, 0.6) is 5.75 Å². The molecule has 1 aromatic heterocycles. The van der Waals surface area contributed by atoms with Crippen LogP contribution in [0.15, 0.2) is 59.0 Å². The topological polar surface area (TPSA) is 87.4 Å². The number of carbonyl (C=O) groups is 1. The molecule has 0 bridgehead atoms. The van der Waals surface area contributed by atoms with Crippen LogP contribution in [-0.2, 0) is 0 Å². The first-order valence-electron chi connectivity index (χ1n) is 9.70. The van der Waals surface area contributed by atoms with Gasteiger partial charge < -0.3 is 14.8 Å². The van der Waals surface area contributed by atoms with Gasteiger partial charge in [0.05, 0.1) is 5.56 Å². The summed E-state index contributed by atoms with van der Waals surface area (Å²) < 4.78 is 5.78. The van der Waals surface area contributed by atoms with Crippen molar-refractivity contribution in [2.75, 3.05) is 5.32 Å². The summed E-state index contributed by atoms with van der Waals surface area (Å²) in [6.45, 7) is 5.84. The molecule has 0 saturated heterocycles. The molecule has 4 aromatic rings. The number of phenols is 1. The van der Waals surface area contributed by atoms with Crippen molar-refractivity contribution in [1.82, 2.24) is 10.3 Å². The number of fused-ring (bicyclic) bond motifs is 1. The molecule has 3 aromatic carbocycles. The van der Waals surface area contributed by atoms with E-state index in [9.17, 15) is 9.90 Å². The minimum atomic E-state index is -0.299. The van der Waals surface area contributed by atoms with Gasteiger partial charge in [-0.2, -0.15) is 0 Å². The van der Waals surface area contributed by atoms with E-state index in [4.69, 9.17) is 16.6 Å². The fourth-order valence-electron chi connectivity index (χ4n) is 3.38. The first kappa shape index (κ1) is 20.6. The summed E-state index contributed by atoms with van der Waals surface area (Å²) in [5.41, 5.74) is 5.96. The number of amides is 1. The van der Waals surface area contributed by atoms with Crippen LogP contribution in [-0.4, -0.2) is 21.1 Å². The van der Waals surface area contributed by atoms with Gasteiger partial charge in [-0.05, 0) is 75.0 Å². The molecule has 7 heteroatoms. The average Bonchev–Trinajstić information content (AvgIpc) is 3.09. The normalized spacial score (nSPS) is 10.8. The van der Waals surface area contributed by atoms with Crippen LogP contribution >= 0.6 is 12.2 Å². The molecular formula is C24H21N3O3S.